The maximum Gasteiger partial charge on any atom is 0.361 e. The molecule has 0 aliphatic rings. The number of ether oxygens (including phenoxy) is 3. The molecule has 0 amide bonds. The van der Waals surface area contributed by atoms with Gasteiger partial charge in [0.25, 0.3) is 6.29 Å². The lowest BCUT2D eigenvalue weighted by molar-refractivity contribution is -0.870. The summed E-state index contributed by atoms with van der Waals surface area (Å²) in [5.74, 6) is -1.61. The molecular formula is C25H50NO7+. The van der Waals surface area contributed by atoms with Crippen molar-refractivity contribution in [3.05, 3.63) is 0 Å². The SMILES string of the molecule is CCCCCCCCCCCCCCC(=O)OCC(O)COC(OCC[N+](C)(C)C)C(=O)O. The van der Waals surface area contributed by atoms with Crippen LogP contribution in [0, 0.1) is 0 Å². The number of nitrogens with zero attached hydrogens (tertiary/aromatic N) is 1. The number of aliphatic hydroxyl groups excluding tert-OH is 1. The second-order valence-corrected chi connectivity index (χ2v) is 9.86. The van der Waals surface area contributed by atoms with Crippen LogP contribution in [0.5, 0.6) is 0 Å². The summed E-state index contributed by atoms with van der Waals surface area (Å²) in [5, 5.41) is 19.1. The first kappa shape index (κ1) is 31.8. The monoisotopic (exact) mass is 476 g/mol. The average molecular weight is 477 g/mol. The lowest BCUT2D eigenvalue weighted by atomic mass is 10.0. The predicted octanol–water partition coefficient (Wildman–Crippen LogP) is 4.13. The molecule has 196 valence electrons. The van der Waals surface area contributed by atoms with Crippen molar-refractivity contribution in [2.45, 2.75) is 103 Å². The number of hydrogen-bond donors (Lipinski definition) is 2. The molecule has 2 atom stereocenters. The van der Waals surface area contributed by atoms with Crippen molar-refractivity contribution in [1.82, 2.24) is 0 Å². The number of rotatable bonds is 23. The number of likely N-dealkylation sites (N-methyl/N-ethyl adjacent to an activating group) is 1. The lowest BCUT2D eigenvalue weighted by Gasteiger charge is -2.24. The number of aliphatic hydroxyl groups is 1. The number of hydrogen-bond acceptors (Lipinski definition) is 6. The van der Waals surface area contributed by atoms with E-state index in [9.17, 15) is 14.7 Å². The molecule has 33 heavy (non-hydrogen) atoms. The first-order chi connectivity index (χ1) is 15.7. The molecule has 0 saturated heterocycles. The van der Waals surface area contributed by atoms with Crippen LogP contribution >= 0.6 is 0 Å². The Hall–Kier alpha value is -1.22. The molecule has 0 radical (unpaired) electrons. The highest BCUT2D eigenvalue weighted by molar-refractivity contribution is 5.70. The Morgan fingerprint density at radius 2 is 1.30 bits per heavy atom. The summed E-state index contributed by atoms with van der Waals surface area (Å²) >= 11 is 0. The van der Waals surface area contributed by atoms with Gasteiger partial charge in [0.05, 0.1) is 34.4 Å². The van der Waals surface area contributed by atoms with Crippen LogP contribution in [0.25, 0.3) is 0 Å². The molecule has 0 fully saturated rings. The topological polar surface area (TPSA) is 102 Å². The third-order valence-electron chi connectivity index (χ3n) is 5.34. The molecule has 2 N–H and O–H groups in total. The Morgan fingerprint density at radius 3 is 1.79 bits per heavy atom. The predicted molar refractivity (Wildman–Crippen MR) is 129 cm³/mol. The van der Waals surface area contributed by atoms with Gasteiger partial charge in [-0.1, -0.05) is 77.6 Å². The van der Waals surface area contributed by atoms with Crippen LogP contribution in [0.3, 0.4) is 0 Å². The molecule has 0 saturated carbocycles. The summed E-state index contributed by atoms with van der Waals surface area (Å²) < 4.78 is 16.0. The normalized spacial score (nSPS) is 13.6. The molecule has 2 unspecified atom stereocenters. The molecule has 0 bridgehead atoms. The minimum absolute atomic E-state index is 0.213. The van der Waals surface area contributed by atoms with Gasteiger partial charge in [-0.25, -0.2) is 4.79 Å². The van der Waals surface area contributed by atoms with Gasteiger partial charge < -0.3 is 28.9 Å². The largest absolute Gasteiger partial charge is 0.477 e. The molecule has 0 aromatic rings. The lowest BCUT2D eigenvalue weighted by Crippen LogP contribution is -2.40. The van der Waals surface area contributed by atoms with Gasteiger partial charge in [-0.3, -0.25) is 4.79 Å². The molecule has 0 aliphatic carbocycles. The standard InChI is InChI=1S/C25H49NO7/c1-5-6-7-8-9-10-11-12-13-14-15-16-17-23(28)32-20-22(27)21-33-25(24(29)30)31-19-18-26(2,3)4/h22,25,27H,5-21H2,1-4H3/p+1. The van der Waals surface area contributed by atoms with E-state index in [-0.39, 0.29) is 25.8 Å². The van der Waals surface area contributed by atoms with Gasteiger partial charge in [-0.2, -0.15) is 0 Å². The zero-order chi connectivity index (χ0) is 25.0. The smallest absolute Gasteiger partial charge is 0.361 e. The van der Waals surface area contributed by atoms with Gasteiger partial charge in [0.1, 0.15) is 19.3 Å². The van der Waals surface area contributed by atoms with Crippen molar-refractivity contribution < 1.29 is 38.5 Å². The summed E-state index contributed by atoms with van der Waals surface area (Å²) in [4.78, 5) is 23.0. The maximum atomic E-state index is 11.8. The average Bonchev–Trinajstić information content (AvgIpc) is 2.74. The van der Waals surface area contributed by atoms with E-state index in [0.717, 1.165) is 19.3 Å². The quantitative estimate of drug-likeness (QED) is 0.0989. The van der Waals surface area contributed by atoms with E-state index in [0.29, 0.717) is 17.4 Å². The first-order valence-corrected chi connectivity index (χ1v) is 12.8. The van der Waals surface area contributed by atoms with Crippen molar-refractivity contribution in [3.8, 4) is 0 Å². The fourth-order valence-corrected chi connectivity index (χ4v) is 3.24. The zero-order valence-electron chi connectivity index (χ0n) is 21.6. The summed E-state index contributed by atoms with van der Waals surface area (Å²) in [6, 6.07) is 0. The van der Waals surface area contributed by atoms with Crippen LogP contribution in [-0.2, 0) is 23.8 Å². The number of quaternary nitrogens is 1. The van der Waals surface area contributed by atoms with Gasteiger partial charge >= 0.3 is 11.9 Å². The van der Waals surface area contributed by atoms with Crippen molar-refractivity contribution in [3.63, 3.8) is 0 Å². The van der Waals surface area contributed by atoms with E-state index in [1.165, 1.54) is 57.8 Å². The van der Waals surface area contributed by atoms with Gasteiger partial charge in [0.2, 0.25) is 0 Å². The molecule has 0 aromatic carbocycles. The van der Waals surface area contributed by atoms with Crippen LogP contribution in [0.4, 0.5) is 0 Å². The van der Waals surface area contributed by atoms with Crippen molar-refractivity contribution in [2.24, 2.45) is 0 Å². The minimum Gasteiger partial charge on any atom is -0.477 e. The highest BCUT2D eigenvalue weighted by Gasteiger charge is 2.22. The van der Waals surface area contributed by atoms with Crippen LogP contribution < -0.4 is 0 Å². The molecule has 0 heterocycles. The van der Waals surface area contributed by atoms with E-state index in [4.69, 9.17) is 19.3 Å². The van der Waals surface area contributed by atoms with Crippen LogP contribution in [-0.4, -0.2) is 86.5 Å². The van der Waals surface area contributed by atoms with Crippen molar-refractivity contribution in [2.75, 3.05) is 47.5 Å². The number of aliphatic carboxylic acids is 1. The fourth-order valence-electron chi connectivity index (χ4n) is 3.24. The number of esters is 1. The molecule has 8 nitrogen and oxygen atoms in total. The van der Waals surface area contributed by atoms with Crippen molar-refractivity contribution >= 4 is 11.9 Å². The fraction of sp³-hybridized carbons (Fsp3) is 0.920. The third-order valence-corrected chi connectivity index (χ3v) is 5.34. The highest BCUT2D eigenvalue weighted by atomic mass is 16.7. The Kier molecular flexibility index (Phi) is 19.4. The number of unbranched alkanes of at least 4 members (excludes halogenated alkanes) is 11. The Morgan fingerprint density at radius 1 is 0.788 bits per heavy atom. The Balaban J connectivity index is 3.69. The maximum absolute atomic E-state index is 11.8. The van der Waals surface area contributed by atoms with Crippen LogP contribution in [0.15, 0.2) is 0 Å². The van der Waals surface area contributed by atoms with E-state index in [1.807, 2.05) is 21.1 Å². The Bertz CT molecular complexity index is 494. The molecule has 0 rings (SSSR count). The number of carboxylic acid groups (broad SMARTS) is 1. The summed E-state index contributed by atoms with van der Waals surface area (Å²) in [5.41, 5.74) is 0. The Labute approximate surface area is 201 Å². The highest BCUT2D eigenvalue weighted by Crippen LogP contribution is 2.12. The van der Waals surface area contributed by atoms with Gasteiger partial charge in [-0.15, -0.1) is 0 Å². The minimum atomic E-state index is -1.46. The van der Waals surface area contributed by atoms with Gasteiger partial charge in [-0.05, 0) is 6.42 Å². The summed E-state index contributed by atoms with van der Waals surface area (Å²) in [7, 11) is 5.90. The van der Waals surface area contributed by atoms with E-state index in [2.05, 4.69) is 6.92 Å². The van der Waals surface area contributed by atoms with E-state index < -0.39 is 18.4 Å². The number of carbonyl (C=O) groups is 2. The third kappa shape index (κ3) is 22.3. The van der Waals surface area contributed by atoms with Gasteiger partial charge in [0.15, 0.2) is 0 Å². The molecular weight excluding hydrogens is 426 g/mol. The van der Waals surface area contributed by atoms with Crippen molar-refractivity contribution in [1.29, 1.82) is 0 Å². The number of carbonyl (C=O) groups excluding carboxylic acids is 1. The molecule has 8 heteroatoms. The zero-order valence-corrected chi connectivity index (χ0v) is 21.6. The van der Waals surface area contributed by atoms with Crippen LogP contribution in [0.2, 0.25) is 0 Å². The number of carboxylic acids is 1. The van der Waals surface area contributed by atoms with E-state index >= 15 is 0 Å². The second-order valence-electron chi connectivity index (χ2n) is 9.86. The summed E-state index contributed by atoms with van der Waals surface area (Å²) in [6.45, 7) is 2.57. The molecule has 0 spiro atoms. The van der Waals surface area contributed by atoms with Crippen LogP contribution in [0.1, 0.15) is 90.4 Å². The second kappa shape index (κ2) is 20.2. The molecule has 0 aromatic heterocycles. The summed E-state index contributed by atoms with van der Waals surface area (Å²) in [6.07, 6.45) is 12.5. The molecule has 0 aliphatic heterocycles. The first-order valence-electron chi connectivity index (χ1n) is 12.8. The van der Waals surface area contributed by atoms with Gasteiger partial charge in [0, 0.05) is 6.42 Å². The van der Waals surface area contributed by atoms with E-state index in [1.54, 1.807) is 0 Å².